The topological polar surface area (TPSA) is 55.1 Å². The minimum Gasteiger partial charge on any atom is -0.348 e. The average molecular weight is 266 g/mol. The van der Waals surface area contributed by atoms with Gasteiger partial charge in [0.2, 0.25) is 5.91 Å². The number of carbonyl (C=O) groups excluding carboxylic acids is 1. The molecule has 1 heterocycles. The van der Waals surface area contributed by atoms with Gasteiger partial charge in [-0.15, -0.1) is 11.3 Å². The van der Waals surface area contributed by atoms with Crippen LogP contribution in [-0.2, 0) is 11.2 Å². The Morgan fingerprint density at radius 2 is 2.28 bits per heavy atom. The van der Waals surface area contributed by atoms with Crippen molar-refractivity contribution in [2.75, 3.05) is 0 Å². The summed E-state index contributed by atoms with van der Waals surface area (Å²) in [6.07, 6.45) is 4.68. The fourth-order valence-electron chi connectivity index (χ4n) is 2.51. The standard InChI is InChI=1S/C14H22N2OS/c1-3-14(15,4-2)13(17)16-11-6-5-7-12-10(11)8-9-18-12/h8-9,11H,3-7,15H2,1-2H3,(H,16,17). The van der Waals surface area contributed by atoms with Gasteiger partial charge in [-0.3, -0.25) is 4.79 Å². The minimum atomic E-state index is -0.715. The average Bonchev–Trinajstić information content (AvgIpc) is 2.87. The Hall–Kier alpha value is -0.870. The number of nitrogens with two attached hydrogens (primary N) is 1. The molecule has 2 rings (SSSR count). The molecule has 1 amide bonds. The van der Waals surface area contributed by atoms with Gasteiger partial charge in [-0.1, -0.05) is 13.8 Å². The summed E-state index contributed by atoms with van der Waals surface area (Å²) in [5, 5.41) is 5.26. The zero-order chi connectivity index (χ0) is 13.2. The first-order valence-corrected chi connectivity index (χ1v) is 7.64. The molecule has 0 radical (unpaired) electrons. The fraction of sp³-hybridized carbons (Fsp3) is 0.643. The Bertz CT molecular complexity index is 423. The maximum absolute atomic E-state index is 12.3. The predicted molar refractivity (Wildman–Crippen MR) is 75.6 cm³/mol. The van der Waals surface area contributed by atoms with Crippen molar-refractivity contribution < 1.29 is 4.79 Å². The van der Waals surface area contributed by atoms with E-state index >= 15 is 0 Å². The molecule has 0 saturated carbocycles. The zero-order valence-electron chi connectivity index (χ0n) is 11.2. The molecule has 0 spiro atoms. The molecule has 1 aliphatic rings. The molecule has 0 fully saturated rings. The Morgan fingerprint density at radius 3 is 2.94 bits per heavy atom. The van der Waals surface area contributed by atoms with Crippen molar-refractivity contribution in [2.45, 2.75) is 57.5 Å². The third-order valence-corrected chi connectivity index (χ3v) is 5.07. The lowest BCUT2D eigenvalue weighted by Gasteiger charge is -2.30. The lowest BCUT2D eigenvalue weighted by Crippen LogP contribution is -2.54. The molecular formula is C14H22N2OS. The molecule has 18 heavy (non-hydrogen) atoms. The SMILES string of the molecule is CCC(N)(CC)C(=O)NC1CCCc2sccc21. The van der Waals surface area contributed by atoms with E-state index in [4.69, 9.17) is 5.73 Å². The molecule has 0 aliphatic heterocycles. The molecule has 1 aromatic rings. The van der Waals surface area contributed by atoms with Gasteiger partial charge in [0, 0.05) is 4.88 Å². The summed E-state index contributed by atoms with van der Waals surface area (Å²) in [4.78, 5) is 13.7. The van der Waals surface area contributed by atoms with Gasteiger partial charge < -0.3 is 11.1 Å². The Labute approximate surface area is 113 Å². The van der Waals surface area contributed by atoms with E-state index in [-0.39, 0.29) is 11.9 Å². The van der Waals surface area contributed by atoms with Crippen molar-refractivity contribution >= 4 is 17.2 Å². The molecule has 1 aliphatic carbocycles. The summed E-state index contributed by atoms with van der Waals surface area (Å²) in [6.45, 7) is 3.94. The lowest BCUT2D eigenvalue weighted by atomic mass is 9.90. The molecule has 3 nitrogen and oxygen atoms in total. The first-order valence-electron chi connectivity index (χ1n) is 6.77. The van der Waals surface area contributed by atoms with Gasteiger partial charge in [0.05, 0.1) is 11.6 Å². The highest BCUT2D eigenvalue weighted by molar-refractivity contribution is 7.10. The van der Waals surface area contributed by atoms with Crippen molar-refractivity contribution in [1.82, 2.24) is 5.32 Å². The van der Waals surface area contributed by atoms with Crippen molar-refractivity contribution in [1.29, 1.82) is 0 Å². The number of nitrogens with one attached hydrogen (secondary N) is 1. The number of hydrogen-bond acceptors (Lipinski definition) is 3. The summed E-state index contributed by atoms with van der Waals surface area (Å²) >= 11 is 1.79. The van der Waals surface area contributed by atoms with Crippen molar-refractivity contribution in [3.63, 3.8) is 0 Å². The largest absolute Gasteiger partial charge is 0.348 e. The van der Waals surface area contributed by atoms with Crippen LogP contribution < -0.4 is 11.1 Å². The van der Waals surface area contributed by atoms with E-state index in [1.165, 1.54) is 10.4 Å². The van der Waals surface area contributed by atoms with Crippen LogP contribution in [0.4, 0.5) is 0 Å². The highest BCUT2D eigenvalue weighted by Crippen LogP contribution is 2.33. The van der Waals surface area contributed by atoms with Crippen LogP contribution in [0.1, 0.15) is 56.0 Å². The van der Waals surface area contributed by atoms with E-state index in [2.05, 4.69) is 16.8 Å². The van der Waals surface area contributed by atoms with Gasteiger partial charge in [0.15, 0.2) is 0 Å². The second-order valence-corrected chi connectivity index (χ2v) is 6.08. The van der Waals surface area contributed by atoms with Crippen LogP contribution in [0.15, 0.2) is 11.4 Å². The van der Waals surface area contributed by atoms with Crippen molar-refractivity contribution in [2.24, 2.45) is 5.73 Å². The third kappa shape index (κ3) is 2.45. The Kier molecular flexibility index (Phi) is 4.07. The summed E-state index contributed by atoms with van der Waals surface area (Å²) in [6, 6.07) is 2.30. The van der Waals surface area contributed by atoms with Gasteiger partial charge in [-0.05, 0) is 49.1 Å². The summed E-state index contributed by atoms with van der Waals surface area (Å²) in [7, 11) is 0. The molecule has 4 heteroatoms. The molecular weight excluding hydrogens is 244 g/mol. The van der Waals surface area contributed by atoms with Crippen LogP contribution in [0, 0.1) is 0 Å². The molecule has 0 bridgehead atoms. The summed E-state index contributed by atoms with van der Waals surface area (Å²) in [5.41, 5.74) is 6.73. The van der Waals surface area contributed by atoms with E-state index in [1.54, 1.807) is 11.3 Å². The van der Waals surface area contributed by atoms with Crippen LogP contribution in [0.25, 0.3) is 0 Å². The van der Waals surface area contributed by atoms with Gasteiger partial charge in [-0.2, -0.15) is 0 Å². The number of fused-ring (bicyclic) bond motifs is 1. The lowest BCUT2D eigenvalue weighted by molar-refractivity contribution is -0.127. The van der Waals surface area contributed by atoms with E-state index in [9.17, 15) is 4.79 Å². The third-order valence-electron chi connectivity index (χ3n) is 4.07. The zero-order valence-corrected chi connectivity index (χ0v) is 12.0. The van der Waals surface area contributed by atoms with E-state index in [0.29, 0.717) is 12.8 Å². The molecule has 1 aromatic heterocycles. The van der Waals surface area contributed by atoms with Gasteiger partial charge in [0.1, 0.15) is 0 Å². The smallest absolute Gasteiger partial charge is 0.240 e. The van der Waals surface area contributed by atoms with Crippen LogP contribution in [0.5, 0.6) is 0 Å². The molecule has 1 unspecified atom stereocenters. The molecule has 3 N–H and O–H groups in total. The van der Waals surface area contributed by atoms with Gasteiger partial charge >= 0.3 is 0 Å². The van der Waals surface area contributed by atoms with Crippen LogP contribution in [-0.4, -0.2) is 11.4 Å². The molecule has 100 valence electrons. The van der Waals surface area contributed by atoms with Crippen molar-refractivity contribution in [3.8, 4) is 0 Å². The fourth-order valence-corrected chi connectivity index (χ4v) is 3.50. The summed E-state index contributed by atoms with van der Waals surface area (Å²) in [5.74, 6) is -0.00319. The number of rotatable bonds is 4. The van der Waals surface area contributed by atoms with Gasteiger partial charge in [-0.25, -0.2) is 0 Å². The highest BCUT2D eigenvalue weighted by Gasteiger charge is 2.32. The Morgan fingerprint density at radius 1 is 1.56 bits per heavy atom. The van der Waals surface area contributed by atoms with Crippen LogP contribution >= 0.6 is 11.3 Å². The molecule has 0 saturated heterocycles. The quantitative estimate of drug-likeness (QED) is 0.880. The van der Waals surface area contributed by atoms with E-state index in [0.717, 1.165) is 19.3 Å². The van der Waals surface area contributed by atoms with E-state index < -0.39 is 5.54 Å². The van der Waals surface area contributed by atoms with Crippen LogP contribution in [0.2, 0.25) is 0 Å². The van der Waals surface area contributed by atoms with Crippen LogP contribution in [0.3, 0.4) is 0 Å². The predicted octanol–water partition coefficient (Wildman–Crippen LogP) is 2.76. The monoisotopic (exact) mass is 266 g/mol. The summed E-state index contributed by atoms with van der Waals surface area (Å²) < 4.78 is 0. The maximum atomic E-state index is 12.3. The number of amides is 1. The first-order chi connectivity index (χ1) is 8.60. The number of aryl methyl sites for hydroxylation is 1. The second kappa shape index (κ2) is 5.41. The minimum absolute atomic E-state index is 0.00319. The maximum Gasteiger partial charge on any atom is 0.240 e. The van der Waals surface area contributed by atoms with Gasteiger partial charge in [0.25, 0.3) is 0 Å². The van der Waals surface area contributed by atoms with Crippen molar-refractivity contribution in [3.05, 3.63) is 21.9 Å². The Balaban J connectivity index is 2.10. The normalized spacial score (nSPS) is 19.4. The second-order valence-electron chi connectivity index (χ2n) is 5.08. The first kappa shape index (κ1) is 13.6. The molecule has 0 aromatic carbocycles. The number of carbonyl (C=O) groups is 1. The number of hydrogen-bond donors (Lipinski definition) is 2. The number of thiophene rings is 1. The molecule has 1 atom stereocenters. The highest BCUT2D eigenvalue weighted by atomic mass is 32.1. The van der Waals surface area contributed by atoms with E-state index in [1.807, 2.05) is 13.8 Å².